The molecule has 1 atom stereocenters. The van der Waals surface area contributed by atoms with Gasteiger partial charge in [0, 0.05) is 18.8 Å². The second-order valence-corrected chi connectivity index (χ2v) is 4.59. The van der Waals surface area contributed by atoms with Gasteiger partial charge in [0.1, 0.15) is 11.6 Å². The van der Waals surface area contributed by atoms with Crippen LogP contribution in [0.2, 0.25) is 0 Å². The fourth-order valence-electron chi connectivity index (χ4n) is 1.93. The Balaban J connectivity index is 2.22. The SMILES string of the molecule is CC(c1ccccc1F)N(C)C(=O)c1ccc(N)nc1. The number of nitrogen functional groups attached to an aromatic ring is 1. The number of carbonyl (C=O) groups excluding carboxylic acids is 1. The van der Waals surface area contributed by atoms with Crippen LogP contribution in [0.5, 0.6) is 0 Å². The fourth-order valence-corrected chi connectivity index (χ4v) is 1.93. The van der Waals surface area contributed by atoms with Gasteiger partial charge in [-0.25, -0.2) is 9.37 Å². The second kappa shape index (κ2) is 5.69. The lowest BCUT2D eigenvalue weighted by atomic mass is 10.1. The van der Waals surface area contributed by atoms with E-state index < -0.39 is 0 Å². The summed E-state index contributed by atoms with van der Waals surface area (Å²) in [5.74, 6) is -0.199. The Morgan fingerprint density at radius 2 is 2.00 bits per heavy atom. The van der Waals surface area contributed by atoms with Gasteiger partial charge in [-0.3, -0.25) is 4.79 Å². The molecule has 1 amide bonds. The number of benzene rings is 1. The number of halogens is 1. The van der Waals surface area contributed by atoms with Crippen molar-refractivity contribution in [1.82, 2.24) is 9.88 Å². The summed E-state index contributed by atoms with van der Waals surface area (Å²) in [6.45, 7) is 1.78. The average molecular weight is 273 g/mol. The third-order valence-electron chi connectivity index (χ3n) is 3.29. The lowest BCUT2D eigenvalue weighted by Crippen LogP contribution is -2.30. The number of aromatic nitrogens is 1. The van der Waals surface area contributed by atoms with Crippen LogP contribution in [0.15, 0.2) is 42.6 Å². The molecule has 1 aromatic carbocycles. The third-order valence-corrected chi connectivity index (χ3v) is 3.29. The minimum atomic E-state index is -0.374. The lowest BCUT2D eigenvalue weighted by Gasteiger charge is -2.25. The smallest absolute Gasteiger partial charge is 0.255 e. The maximum absolute atomic E-state index is 13.8. The van der Waals surface area contributed by atoms with Crippen LogP contribution in [0.1, 0.15) is 28.9 Å². The Bertz CT molecular complexity index is 613. The molecule has 0 bridgehead atoms. The van der Waals surface area contributed by atoms with Crippen molar-refractivity contribution >= 4 is 11.7 Å². The van der Waals surface area contributed by atoms with Crippen LogP contribution >= 0.6 is 0 Å². The Hall–Kier alpha value is -2.43. The molecule has 0 saturated heterocycles. The van der Waals surface area contributed by atoms with Crippen molar-refractivity contribution in [3.8, 4) is 0 Å². The van der Waals surface area contributed by atoms with Crippen LogP contribution in [-0.2, 0) is 0 Å². The summed E-state index contributed by atoms with van der Waals surface area (Å²) in [6.07, 6.45) is 1.42. The molecule has 2 rings (SSSR count). The summed E-state index contributed by atoms with van der Waals surface area (Å²) in [5, 5.41) is 0. The highest BCUT2D eigenvalue weighted by Gasteiger charge is 2.21. The first-order chi connectivity index (χ1) is 9.50. The number of hydrogen-bond acceptors (Lipinski definition) is 3. The van der Waals surface area contributed by atoms with Crippen LogP contribution in [0.4, 0.5) is 10.2 Å². The number of rotatable bonds is 3. The second-order valence-electron chi connectivity index (χ2n) is 4.59. The molecule has 0 radical (unpaired) electrons. The van der Waals surface area contributed by atoms with E-state index in [0.717, 1.165) is 0 Å². The quantitative estimate of drug-likeness (QED) is 0.935. The molecule has 1 unspecified atom stereocenters. The molecule has 2 N–H and O–H groups in total. The highest BCUT2D eigenvalue weighted by atomic mass is 19.1. The van der Waals surface area contributed by atoms with Crippen molar-refractivity contribution in [3.05, 3.63) is 59.5 Å². The van der Waals surface area contributed by atoms with Gasteiger partial charge in [0.25, 0.3) is 5.91 Å². The number of anilines is 1. The van der Waals surface area contributed by atoms with Gasteiger partial charge < -0.3 is 10.6 Å². The Kier molecular flexibility index (Phi) is 3.98. The van der Waals surface area contributed by atoms with Crippen molar-refractivity contribution in [2.75, 3.05) is 12.8 Å². The summed E-state index contributed by atoms with van der Waals surface area (Å²) >= 11 is 0. The molecule has 1 aromatic heterocycles. The minimum absolute atomic E-state index is 0.228. The maximum Gasteiger partial charge on any atom is 0.255 e. The number of carbonyl (C=O) groups is 1. The molecular formula is C15H16FN3O. The normalized spacial score (nSPS) is 11.9. The van der Waals surface area contributed by atoms with E-state index in [1.165, 1.54) is 17.2 Å². The Morgan fingerprint density at radius 1 is 1.30 bits per heavy atom. The van der Waals surface area contributed by atoms with Gasteiger partial charge in [-0.05, 0) is 25.1 Å². The van der Waals surface area contributed by atoms with Gasteiger partial charge in [-0.15, -0.1) is 0 Å². The predicted octanol–water partition coefficient (Wildman–Crippen LogP) is 2.64. The molecule has 0 fully saturated rings. The van der Waals surface area contributed by atoms with Crippen molar-refractivity contribution in [3.63, 3.8) is 0 Å². The lowest BCUT2D eigenvalue weighted by molar-refractivity contribution is 0.0740. The van der Waals surface area contributed by atoms with E-state index in [9.17, 15) is 9.18 Å². The number of hydrogen-bond donors (Lipinski definition) is 1. The minimum Gasteiger partial charge on any atom is -0.384 e. The van der Waals surface area contributed by atoms with Crippen molar-refractivity contribution < 1.29 is 9.18 Å². The summed E-state index contributed by atoms with van der Waals surface area (Å²) in [7, 11) is 1.63. The molecule has 0 aliphatic carbocycles. The van der Waals surface area contributed by atoms with Crippen molar-refractivity contribution in [1.29, 1.82) is 0 Å². The van der Waals surface area contributed by atoms with Crippen LogP contribution in [0.3, 0.4) is 0 Å². The van der Waals surface area contributed by atoms with E-state index in [0.29, 0.717) is 16.9 Å². The van der Waals surface area contributed by atoms with Gasteiger partial charge >= 0.3 is 0 Å². The first-order valence-electron chi connectivity index (χ1n) is 6.24. The predicted molar refractivity (Wildman–Crippen MR) is 75.6 cm³/mol. The molecule has 0 aliphatic rings. The van der Waals surface area contributed by atoms with E-state index in [1.807, 2.05) is 0 Å². The van der Waals surface area contributed by atoms with Gasteiger partial charge in [0.2, 0.25) is 0 Å². The third kappa shape index (κ3) is 2.77. The molecule has 0 spiro atoms. The molecular weight excluding hydrogens is 257 g/mol. The standard InChI is InChI=1S/C15H16FN3O/c1-10(12-5-3-4-6-13(12)16)19(2)15(20)11-7-8-14(17)18-9-11/h3-10H,1-2H3,(H2,17,18). The number of amides is 1. The number of pyridine rings is 1. The van der Waals surface area contributed by atoms with Crippen molar-refractivity contribution in [2.45, 2.75) is 13.0 Å². The molecule has 1 heterocycles. The molecule has 0 saturated carbocycles. The van der Waals surface area contributed by atoms with Gasteiger partial charge in [-0.2, -0.15) is 0 Å². The summed E-state index contributed by atoms with van der Waals surface area (Å²) in [4.78, 5) is 17.7. The summed E-state index contributed by atoms with van der Waals surface area (Å²) in [5.41, 5.74) is 6.39. The van der Waals surface area contributed by atoms with Crippen LogP contribution in [0, 0.1) is 5.82 Å². The number of nitrogens with zero attached hydrogens (tertiary/aromatic N) is 2. The molecule has 20 heavy (non-hydrogen) atoms. The Morgan fingerprint density at radius 3 is 2.60 bits per heavy atom. The highest BCUT2D eigenvalue weighted by molar-refractivity contribution is 5.94. The molecule has 2 aromatic rings. The van der Waals surface area contributed by atoms with Gasteiger partial charge in [0.05, 0.1) is 11.6 Å². The largest absolute Gasteiger partial charge is 0.384 e. The zero-order chi connectivity index (χ0) is 14.7. The molecule has 0 aliphatic heterocycles. The van der Waals surface area contributed by atoms with Crippen LogP contribution in [-0.4, -0.2) is 22.8 Å². The van der Waals surface area contributed by atoms with Gasteiger partial charge in [0.15, 0.2) is 0 Å². The maximum atomic E-state index is 13.8. The van der Waals surface area contributed by atoms with E-state index in [1.54, 1.807) is 44.3 Å². The fraction of sp³-hybridized carbons (Fsp3) is 0.200. The van der Waals surface area contributed by atoms with E-state index in [2.05, 4.69) is 4.98 Å². The number of nitrogens with two attached hydrogens (primary N) is 1. The average Bonchev–Trinajstić information content (AvgIpc) is 2.46. The molecule has 5 heteroatoms. The zero-order valence-electron chi connectivity index (χ0n) is 11.4. The monoisotopic (exact) mass is 273 g/mol. The topological polar surface area (TPSA) is 59.2 Å². The summed E-state index contributed by atoms with van der Waals surface area (Å²) in [6, 6.07) is 9.22. The van der Waals surface area contributed by atoms with Crippen LogP contribution < -0.4 is 5.73 Å². The van der Waals surface area contributed by atoms with Gasteiger partial charge in [-0.1, -0.05) is 18.2 Å². The van der Waals surface area contributed by atoms with E-state index in [4.69, 9.17) is 5.73 Å². The van der Waals surface area contributed by atoms with E-state index in [-0.39, 0.29) is 17.8 Å². The molecule has 104 valence electrons. The highest BCUT2D eigenvalue weighted by Crippen LogP contribution is 2.23. The molecule has 4 nitrogen and oxygen atoms in total. The van der Waals surface area contributed by atoms with E-state index >= 15 is 0 Å². The first-order valence-corrected chi connectivity index (χ1v) is 6.24. The van der Waals surface area contributed by atoms with Crippen LogP contribution in [0.25, 0.3) is 0 Å². The Labute approximate surface area is 117 Å². The van der Waals surface area contributed by atoms with Crippen molar-refractivity contribution in [2.24, 2.45) is 0 Å². The zero-order valence-corrected chi connectivity index (χ0v) is 11.4. The first kappa shape index (κ1) is 14.0. The summed E-state index contributed by atoms with van der Waals surface area (Å²) < 4.78 is 13.8.